The molecule has 2 saturated heterocycles. The Kier molecular flexibility index (Phi) is 6.53. The van der Waals surface area contributed by atoms with Gasteiger partial charge in [-0.25, -0.2) is 9.78 Å². The summed E-state index contributed by atoms with van der Waals surface area (Å²) in [4.78, 5) is 34.0. The van der Waals surface area contributed by atoms with Gasteiger partial charge in [0.15, 0.2) is 5.82 Å². The maximum Gasteiger partial charge on any atom is 0.329 e. The molecular formula is C29H40N4O3. The molecule has 1 unspecified atom stereocenters. The molecule has 4 fully saturated rings. The van der Waals surface area contributed by atoms with Crippen LogP contribution in [0.5, 0.6) is 0 Å². The van der Waals surface area contributed by atoms with Gasteiger partial charge in [-0.15, -0.1) is 0 Å². The summed E-state index contributed by atoms with van der Waals surface area (Å²) in [5.74, 6) is -0.670. The number of carboxylic acids is 1. The second-order valence-corrected chi connectivity index (χ2v) is 11.7. The molecule has 194 valence electrons. The number of benzene rings is 1. The second-order valence-electron chi connectivity index (χ2n) is 11.7. The summed E-state index contributed by atoms with van der Waals surface area (Å²) in [5.41, 5.74) is 0.368. The van der Waals surface area contributed by atoms with Crippen molar-refractivity contribution in [1.82, 2.24) is 14.5 Å². The third-order valence-electron chi connectivity index (χ3n) is 9.66. The number of fused-ring (bicyclic) bond motifs is 3. The van der Waals surface area contributed by atoms with Crippen molar-refractivity contribution in [2.45, 2.75) is 126 Å². The van der Waals surface area contributed by atoms with E-state index in [1.807, 2.05) is 28.8 Å². The lowest BCUT2D eigenvalue weighted by atomic mass is 9.81. The number of aliphatic carboxylic acids is 1. The lowest BCUT2D eigenvalue weighted by Gasteiger charge is -2.35. The Labute approximate surface area is 213 Å². The van der Waals surface area contributed by atoms with E-state index in [2.05, 4.69) is 10.2 Å². The van der Waals surface area contributed by atoms with E-state index in [4.69, 9.17) is 4.98 Å². The number of rotatable bonds is 5. The number of carboxylic acid groups (broad SMARTS) is 1. The molecule has 3 atom stereocenters. The van der Waals surface area contributed by atoms with Gasteiger partial charge in [-0.1, -0.05) is 63.5 Å². The van der Waals surface area contributed by atoms with Gasteiger partial charge in [-0.05, 0) is 57.1 Å². The predicted octanol–water partition coefficient (Wildman–Crippen LogP) is 5.49. The number of nitrogens with one attached hydrogen (secondary N) is 1. The van der Waals surface area contributed by atoms with Gasteiger partial charge in [0.1, 0.15) is 5.54 Å². The van der Waals surface area contributed by atoms with Gasteiger partial charge in [0.25, 0.3) is 5.56 Å². The van der Waals surface area contributed by atoms with Crippen LogP contribution in [-0.2, 0) is 4.79 Å². The molecule has 2 saturated carbocycles. The van der Waals surface area contributed by atoms with Crippen molar-refractivity contribution in [3.8, 4) is 0 Å². The Morgan fingerprint density at radius 2 is 1.58 bits per heavy atom. The largest absolute Gasteiger partial charge is 0.480 e. The summed E-state index contributed by atoms with van der Waals surface area (Å²) >= 11 is 0. The fourth-order valence-corrected chi connectivity index (χ4v) is 7.92. The van der Waals surface area contributed by atoms with E-state index in [9.17, 15) is 14.7 Å². The molecule has 2 aromatic rings. The Morgan fingerprint density at radius 3 is 2.33 bits per heavy atom. The summed E-state index contributed by atoms with van der Waals surface area (Å²) in [7, 11) is 0. The molecule has 6 rings (SSSR count). The Balaban J connectivity index is 1.38. The quantitative estimate of drug-likeness (QED) is 0.574. The fraction of sp³-hybridized carbons (Fsp3) is 0.690. The average molecular weight is 493 g/mol. The van der Waals surface area contributed by atoms with E-state index in [-0.39, 0.29) is 17.4 Å². The van der Waals surface area contributed by atoms with E-state index in [1.54, 1.807) is 0 Å². The number of anilines is 1. The first-order chi connectivity index (χ1) is 17.6. The highest BCUT2D eigenvalue weighted by Gasteiger charge is 2.50. The number of carbonyl (C=O) groups is 1. The maximum absolute atomic E-state index is 14.1. The van der Waals surface area contributed by atoms with Crippen LogP contribution in [0.3, 0.4) is 0 Å². The minimum absolute atomic E-state index is 0.113. The van der Waals surface area contributed by atoms with Crippen LogP contribution in [0.1, 0.15) is 102 Å². The molecule has 0 radical (unpaired) electrons. The van der Waals surface area contributed by atoms with Gasteiger partial charge in [0, 0.05) is 18.1 Å². The summed E-state index contributed by atoms with van der Waals surface area (Å²) in [6, 6.07) is 9.55. The first kappa shape index (κ1) is 24.0. The SMILES string of the molecule is O=C(O)C1(Nc2nc3ccccc3n([C@@H]3C[C@@H]4CCC3N4C3CCCCCCC3)c2=O)CCCCC1. The van der Waals surface area contributed by atoms with Gasteiger partial charge in [0.2, 0.25) is 0 Å². The van der Waals surface area contributed by atoms with Gasteiger partial charge in [-0.3, -0.25) is 14.3 Å². The molecule has 2 bridgehead atoms. The van der Waals surface area contributed by atoms with Crippen molar-refractivity contribution >= 4 is 22.8 Å². The fourth-order valence-electron chi connectivity index (χ4n) is 7.92. The standard InChI is InChI=1S/C29H40N4O3/c34-27-26(31-29(28(35)36)17-9-4-10-18-29)30-22-13-7-8-14-23(22)33(27)25-19-21-15-16-24(25)32(21)20-11-5-2-1-3-6-12-20/h7-8,13-14,20-21,24-25H,1-6,9-12,15-19H2,(H,30,31)(H,35,36)/t21-,24?,25+/m0/s1. The second kappa shape index (κ2) is 9.81. The molecule has 3 heterocycles. The first-order valence-electron chi connectivity index (χ1n) is 14.4. The van der Waals surface area contributed by atoms with E-state index in [1.165, 1.54) is 51.4 Å². The maximum atomic E-state index is 14.1. The molecule has 0 amide bonds. The highest BCUT2D eigenvalue weighted by molar-refractivity contribution is 5.83. The number of hydrogen-bond donors (Lipinski definition) is 2. The van der Waals surface area contributed by atoms with E-state index >= 15 is 0 Å². The van der Waals surface area contributed by atoms with Crippen molar-refractivity contribution < 1.29 is 9.90 Å². The molecule has 2 aliphatic carbocycles. The molecule has 7 heteroatoms. The monoisotopic (exact) mass is 492 g/mol. The normalized spacial score (nSPS) is 29.2. The van der Waals surface area contributed by atoms with Gasteiger partial charge < -0.3 is 10.4 Å². The molecular weight excluding hydrogens is 452 g/mol. The topological polar surface area (TPSA) is 87.5 Å². The molecule has 7 nitrogen and oxygen atoms in total. The van der Waals surface area contributed by atoms with Gasteiger partial charge in [0.05, 0.1) is 17.1 Å². The summed E-state index contributed by atoms with van der Waals surface area (Å²) < 4.78 is 1.99. The van der Waals surface area contributed by atoms with Gasteiger partial charge >= 0.3 is 5.97 Å². The minimum Gasteiger partial charge on any atom is -0.480 e. The van der Waals surface area contributed by atoms with Crippen LogP contribution in [-0.4, -0.2) is 49.2 Å². The average Bonchev–Trinajstić information content (AvgIpc) is 3.43. The zero-order valence-corrected chi connectivity index (χ0v) is 21.3. The highest BCUT2D eigenvalue weighted by Crippen LogP contribution is 2.47. The zero-order valence-electron chi connectivity index (χ0n) is 21.3. The highest BCUT2D eigenvalue weighted by atomic mass is 16.4. The number of para-hydroxylation sites is 2. The van der Waals surface area contributed by atoms with Crippen molar-refractivity contribution in [3.05, 3.63) is 34.6 Å². The summed E-state index contributed by atoms with van der Waals surface area (Å²) in [6.07, 6.45) is 16.4. The van der Waals surface area contributed by atoms with Crippen LogP contribution in [0.25, 0.3) is 11.0 Å². The number of hydrogen-bond acceptors (Lipinski definition) is 5. The van der Waals surface area contributed by atoms with Crippen LogP contribution >= 0.6 is 0 Å². The van der Waals surface area contributed by atoms with Crippen molar-refractivity contribution in [1.29, 1.82) is 0 Å². The predicted molar refractivity (Wildman–Crippen MR) is 141 cm³/mol. The lowest BCUT2D eigenvalue weighted by molar-refractivity contribution is -0.143. The van der Waals surface area contributed by atoms with E-state index in [0.717, 1.165) is 43.1 Å². The Morgan fingerprint density at radius 1 is 0.889 bits per heavy atom. The first-order valence-corrected chi connectivity index (χ1v) is 14.4. The van der Waals surface area contributed by atoms with Gasteiger partial charge in [-0.2, -0.15) is 0 Å². The van der Waals surface area contributed by atoms with Crippen molar-refractivity contribution in [2.75, 3.05) is 5.32 Å². The van der Waals surface area contributed by atoms with Crippen LogP contribution in [0.15, 0.2) is 29.1 Å². The third-order valence-corrected chi connectivity index (χ3v) is 9.66. The van der Waals surface area contributed by atoms with Crippen molar-refractivity contribution in [2.24, 2.45) is 0 Å². The van der Waals surface area contributed by atoms with Crippen LogP contribution in [0, 0.1) is 0 Å². The lowest BCUT2D eigenvalue weighted by Crippen LogP contribution is -2.50. The minimum atomic E-state index is -1.11. The number of nitrogens with zero attached hydrogens (tertiary/aromatic N) is 3. The molecule has 2 N–H and O–H groups in total. The molecule has 36 heavy (non-hydrogen) atoms. The zero-order chi connectivity index (χ0) is 24.7. The number of aromatic nitrogens is 2. The van der Waals surface area contributed by atoms with Crippen molar-refractivity contribution in [3.63, 3.8) is 0 Å². The van der Waals surface area contributed by atoms with E-state index in [0.29, 0.717) is 31.0 Å². The smallest absolute Gasteiger partial charge is 0.329 e. The Bertz CT molecular complexity index is 1160. The van der Waals surface area contributed by atoms with E-state index < -0.39 is 11.5 Å². The molecule has 0 spiro atoms. The molecule has 4 aliphatic rings. The molecule has 2 aliphatic heterocycles. The third kappa shape index (κ3) is 4.13. The van der Waals surface area contributed by atoms with Crippen LogP contribution in [0.4, 0.5) is 5.82 Å². The molecule has 1 aromatic heterocycles. The molecule has 1 aromatic carbocycles. The van der Waals surface area contributed by atoms with Crippen LogP contribution < -0.4 is 10.9 Å². The summed E-state index contributed by atoms with van der Waals surface area (Å²) in [6.45, 7) is 0. The Hall–Kier alpha value is -2.41. The van der Waals surface area contributed by atoms with Crippen LogP contribution in [0.2, 0.25) is 0 Å². The summed E-state index contributed by atoms with van der Waals surface area (Å²) in [5, 5.41) is 13.3.